The predicted molar refractivity (Wildman–Crippen MR) is 86.7 cm³/mol. The molecule has 1 aromatic heterocycles. The fraction of sp³-hybridized carbons (Fsp3) is 0.750. The highest BCUT2D eigenvalue weighted by atomic mass is 16.3. The standard InChI is InChI=1S/C20H28O2/c1-12-13-6-9-22-16(13)10-14-18(12)15(21)11-17-19(2,3)7-5-8-20(14,17)4/h6,9,12,14,17-18H,5,7-8,10-11H2,1-4H3/t12-,14-,17-,18-,20+/m0/s1. The highest BCUT2D eigenvalue weighted by Gasteiger charge is 2.59. The van der Waals surface area contributed by atoms with E-state index < -0.39 is 0 Å². The molecule has 0 unspecified atom stereocenters. The van der Waals surface area contributed by atoms with Crippen LogP contribution in [0.2, 0.25) is 0 Å². The largest absolute Gasteiger partial charge is 0.469 e. The van der Waals surface area contributed by atoms with Crippen LogP contribution in [0.1, 0.15) is 70.6 Å². The zero-order valence-corrected chi connectivity index (χ0v) is 14.3. The van der Waals surface area contributed by atoms with E-state index in [9.17, 15) is 4.79 Å². The molecule has 0 aromatic carbocycles. The van der Waals surface area contributed by atoms with Gasteiger partial charge in [0.1, 0.15) is 11.5 Å². The van der Waals surface area contributed by atoms with Crippen LogP contribution in [0.4, 0.5) is 0 Å². The Labute approximate surface area is 133 Å². The topological polar surface area (TPSA) is 30.2 Å². The fourth-order valence-corrected chi connectivity index (χ4v) is 6.39. The van der Waals surface area contributed by atoms with Crippen LogP contribution in [0.5, 0.6) is 0 Å². The van der Waals surface area contributed by atoms with Gasteiger partial charge in [-0.3, -0.25) is 4.79 Å². The second kappa shape index (κ2) is 4.49. The van der Waals surface area contributed by atoms with Crippen molar-refractivity contribution in [1.82, 2.24) is 0 Å². The lowest BCUT2D eigenvalue weighted by Crippen LogP contribution is -2.57. The molecule has 0 saturated heterocycles. The Bertz CT molecular complexity index is 611. The van der Waals surface area contributed by atoms with E-state index in [1.54, 1.807) is 0 Å². The quantitative estimate of drug-likeness (QED) is 0.676. The van der Waals surface area contributed by atoms with Gasteiger partial charge in [-0.1, -0.05) is 34.1 Å². The Morgan fingerprint density at radius 1 is 1.18 bits per heavy atom. The number of hydrogen-bond acceptors (Lipinski definition) is 2. The Hall–Kier alpha value is -1.05. The van der Waals surface area contributed by atoms with Crippen LogP contribution < -0.4 is 0 Å². The molecule has 0 aliphatic heterocycles. The van der Waals surface area contributed by atoms with Crippen molar-refractivity contribution in [2.45, 2.75) is 65.7 Å². The van der Waals surface area contributed by atoms with Gasteiger partial charge in [0, 0.05) is 18.8 Å². The molecule has 0 bridgehead atoms. The van der Waals surface area contributed by atoms with Gasteiger partial charge in [0.2, 0.25) is 0 Å². The molecule has 3 aliphatic rings. The van der Waals surface area contributed by atoms with E-state index in [1.165, 1.54) is 24.8 Å². The van der Waals surface area contributed by atoms with E-state index in [2.05, 4.69) is 33.8 Å². The van der Waals surface area contributed by atoms with Crippen LogP contribution in [-0.4, -0.2) is 5.78 Å². The van der Waals surface area contributed by atoms with E-state index in [4.69, 9.17) is 4.42 Å². The molecular formula is C20H28O2. The number of fused-ring (bicyclic) bond motifs is 4. The van der Waals surface area contributed by atoms with E-state index in [0.29, 0.717) is 34.4 Å². The average Bonchev–Trinajstić information content (AvgIpc) is 2.90. The van der Waals surface area contributed by atoms with E-state index in [-0.39, 0.29) is 5.92 Å². The van der Waals surface area contributed by atoms with Crippen LogP contribution in [-0.2, 0) is 11.2 Å². The lowest BCUT2D eigenvalue weighted by atomic mass is 9.43. The van der Waals surface area contributed by atoms with Crippen molar-refractivity contribution >= 4 is 5.78 Å². The maximum atomic E-state index is 13.0. The molecule has 1 heterocycles. The van der Waals surface area contributed by atoms with Crippen molar-refractivity contribution in [3.63, 3.8) is 0 Å². The molecule has 0 amide bonds. The summed E-state index contributed by atoms with van der Waals surface area (Å²) in [7, 11) is 0. The number of furan rings is 1. The Morgan fingerprint density at radius 2 is 1.95 bits per heavy atom. The Morgan fingerprint density at radius 3 is 2.73 bits per heavy atom. The first kappa shape index (κ1) is 14.5. The summed E-state index contributed by atoms with van der Waals surface area (Å²) in [4.78, 5) is 13.0. The predicted octanol–water partition coefficient (Wildman–Crippen LogP) is 4.98. The molecule has 0 radical (unpaired) electrons. The summed E-state index contributed by atoms with van der Waals surface area (Å²) in [6, 6.07) is 2.09. The number of carbonyl (C=O) groups excluding carboxylic acids is 1. The molecule has 2 nitrogen and oxygen atoms in total. The molecule has 120 valence electrons. The normalized spacial score (nSPS) is 43.2. The van der Waals surface area contributed by atoms with Crippen LogP contribution >= 0.6 is 0 Å². The van der Waals surface area contributed by atoms with Gasteiger partial charge < -0.3 is 4.42 Å². The van der Waals surface area contributed by atoms with Gasteiger partial charge in [0.15, 0.2) is 0 Å². The van der Waals surface area contributed by atoms with Crippen molar-refractivity contribution in [3.05, 3.63) is 23.7 Å². The molecule has 4 rings (SSSR count). The highest BCUT2D eigenvalue weighted by Crippen LogP contribution is 2.63. The van der Waals surface area contributed by atoms with Crippen LogP contribution in [0.25, 0.3) is 0 Å². The van der Waals surface area contributed by atoms with Crippen molar-refractivity contribution < 1.29 is 9.21 Å². The zero-order chi connectivity index (χ0) is 15.7. The molecule has 2 heteroatoms. The van der Waals surface area contributed by atoms with Crippen molar-refractivity contribution in [1.29, 1.82) is 0 Å². The third-order valence-electron chi connectivity index (χ3n) is 7.55. The molecule has 5 atom stereocenters. The summed E-state index contributed by atoms with van der Waals surface area (Å²) < 4.78 is 5.78. The number of ketones is 1. The maximum Gasteiger partial charge on any atom is 0.137 e. The summed E-state index contributed by atoms with van der Waals surface area (Å²) in [6.07, 6.45) is 7.41. The van der Waals surface area contributed by atoms with Gasteiger partial charge in [0.25, 0.3) is 0 Å². The lowest BCUT2D eigenvalue weighted by Gasteiger charge is -2.60. The third-order valence-corrected chi connectivity index (χ3v) is 7.55. The minimum absolute atomic E-state index is 0.209. The molecular weight excluding hydrogens is 272 g/mol. The monoisotopic (exact) mass is 300 g/mol. The average molecular weight is 300 g/mol. The summed E-state index contributed by atoms with van der Waals surface area (Å²) in [5.74, 6) is 3.19. The SMILES string of the molecule is C[C@H]1c2ccoc2C[C@H]2[C@H]1C(=O)C[C@H]1C(C)(C)CCC[C@]21C. The van der Waals surface area contributed by atoms with Crippen LogP contribution in [0.3, 0.4) is 0 Å². The van der Waals surface area contributed by atoms with E-state index >= 15 is 0 Å². The van der Waals surface area contributed by atoms with Gasteiger partial charge >= 0.3 is 0 Å². The number of Topliss-reactive ketones (excluding diaryl/α,β-unsaturated/α-hetero) is 1. The van der Waals surface area contributed by atoms with E-state index in [1.807, 2.05) is 6.26 Å². The first-order valence-electron chi connectivity index (χ1n) is 8.93. The van der Waals surface area contributed by atoms with Crippen molar-refractivity contribution in [2.24, 2.45) is 28.6 Å². The summed E-state index contributed by atoms with van der Waals surface area (Å²) >= 11 is 0. The van der Waals surface area contributed by atoms with Gasteiger partial charge in [-0.15, -0.1) is 0 Å². The number of rotatable bonds is 0. The molecule has 2 saturated carbocycles. The first-order valence-corrected chi connectivity index (χ1v) is 8.93. The Kier molecular flexibility index (Phi) is 2.97. The molecule has 1 aromatic rings. The lowest BCUT2D eigenvalue weighted by molar-refractivity contribution is -0.152. The molecule has 22 heavy (non-hydrogen) atoms. The zero-order valence-electron chi connectivity index (χ0n) is 14.3. The van der Waals surface area contributed by atoms with Crippen molar-refractivity contribution in [3.8, 4) is 0 Å². The second-order valence-corrected chi connectivity index (χ2v) is 9.00. The van der Waals surface area contributed by atoms with Crippen LogP contribution in [0, 0.1) is 28.6 Å². The maximum absolute atomic E-state index is 13.0. The number of hydrogen-bond donors (Lipinski definition) is 0. The van der Waals surface area contributed by atoms with Gasteiger partial charge in [-0.2, -0.15) is 0 Å². The minimum Gasteiger partial charge on any atom is -0.469 e. The molecule has 3 aliphatic carbocycles. The highest BCUT2D eigenvalue weighted by molar-refractivity contribution is 5.84. The van der Waals surface area contributed by atoms with Gasteiger partial charge in [-0.25, -0.2) is 0 Å². The summed E-state index contributed by atoms with van der Waals surface area (Å²) in [6.45, 7) is 9.48. The summed E-state index contributed by atoms with van der Waals surface area (Å²) in [5, 5.41) is 0. The second-order valence-electron chi connectivity index (χ2n) is 9.00. The molecule has 0 spiro atoms. The minimum atomic E-state index is 0.209. The molecule has 2 fully saturated rings. The summed E-state index contributed by atoms with van der Waals surface area (Å²) in [5.41, 5.74) is 1.87. The van der Waals surface area contributed by atoms with Gasteiger partial charge in [-0.05, 0) is 53.1 Å². The number of carbonyl (C=O) groups is 1. The van der Waals surface area contributed by atoms with Gasteiger partial charge in [0.05, 0.1) is 6.26 Å². The molecule has 0 N–H and O–H groups in total. The smallest absolute Gasteiger partial charge is 0.137 e. The third kappa shape index (κ3) is 1.76. The Balaban J connectivity index is 1.81. The first-order chi connectivity index (χ1) is 10.3. The van der Waals surface area contributed by atoms with Crippen LogP contribution in [0.15, 0.2) is 16.7 Å². The van der Waals surface area contributed by atoms with E-state index in [0.717, 1.165) is 18.6 Å². The fourth-order valence-electron chi connectivity index (χ4n) is 6.39. The van der Waals surface area contributed by atoms with Crippen molar-refractivity contribution in [2.75, 3.05) is 0 Å².